The molecule has 2 nitrogen and oxygen atoms in total. The van der Waals surface area contributed by atoms with Crippen LogP contribution in [0.1, 0.15) is 13.8 Å². The molecule has 0 amide bonds. The Morgan fingerprint density at radius 3 is 2.85 bits per heavy atom. The molecule has 0 aromatic carbocycles. The van der Waals surface area contributed by atoms with Gasteiger partial charge in [0.25, 0.3) is 0 Å². The lowest BCUT2D eigenvalue weighted by atomic mass is 10.4. The standard InChI is InChI=1S/C10H16O2S/c1-3-5-6-7-10(11)12-8-9-13-4-2/h3,5-7H,4,8-9H2,1-2H3. The molecule has 0 saturated carbocycles. The molecule has 0 heterocycles. The Labute approximate surface area is 84.0 Å². The predicted molar refractivity (Wildman–Crippen MR) is 57.9 cm³/mol. The van der Waals surface area contributed by atoms with Crippen LogP contribution in [0, 0.1) is 0 Å². The zero-order valence-corrected chi connectivity index (χ0v) is 8.97. The summed E-state index contributed by atoms with van der Waals surface area (Å²) < 4.78 is 4.91. The molecule has 0 aliphatic carbocycles. The molecule has 0 aromatic heterocycles. The van der Waals surface area contributed by atoms with Gasteiger partial charge in [-0.2, -0.15) is 11.8 Å². The van der Waals surface area contributed by atoms with E-state index in [0.717, 1.165) is 11.5 Å². The third-order valence-corrected chi connectivity index (χ3v) is 2.08. The van der Waals surface area contributed by atoms with Crippen molar-refractivity contribution in [3.05, 3.63) is 24.3 Å². The SMILES string of the molecule is CC=CC=CC(=O)OCCSCC. The average molecular weight is 200 g/mol. The van der Waals surface area contributed by atoms with E-state index in [0.29, 0.717) is 6.61 Å². The number of rotatable bonds is 6. The summed E-state index contributed by atoms with van der Waals surface area (Å²) in [5, 5.41) is 0. The average Bonchev–Trinajstić information content (AvgIpc) is 2.13. The number of hydrogen-bond acceptors (Lipinski definition) is 3. The highest BCUT2D eigenvalue weighted by molar-refractivity contribution is 7.99. The molecule has 74 valence electrons. The van der Waals surface area contributed by atoms with Gasteiger partial charge in [0.1, 0.15) is 6.61 Å². The van der Waals surface area contributed by atoms with Crippen LogP contribution in [-0.2, 0) is 9.53 Å². The van der Waals surface area contributed by atoms with Crippen molar-refractivity contribution in [3.8, 4) is 0 Å². The number of ether oxygens (including phenoxy) is 1. The van der Waals surface area contributed by atoms with Crippen molar-refractivity contribution < 1.29 is 9.53 Å². The minimum Gasteiger partial charge on any atom is -0.462 e. The second kappa shape index (κ2) is 9.39. The number of carbonyl (C=O) groups excluding carboxylic acids is 1. The molecule has 3 heteroatoms. The van der Waals surface area contributed by atoms with Crippen LogP contribution in [0.3, 0.4) is 0 Å². The van der Waals surface area contributed by atoms with Gasteiger partial charge in [0.15, 0.2) is 0 Å². The molecule has 0 atom stereocenters. The van der Waals surface area contributed by atoms with Crippen molar-refractivity contribution in [1.29, 1.82) is 0 Å². The maximum Gasteiger partial charge on any atom is 0.330 e. The van der Waals surface area contributed by atoms with Crippen molar-refractivity contribution in [1.82, 2.24) is 0 Å². The molecule has 0 saturated heterocycles. The second-order valence-corrected chi connectivity index (χ2v) is 3.64. The molecular formula is C10H16O2S. The smallest absolute Gasteiger partial charge is 0.330 e. The van der Waals surface area contributed by atoms with Crippen molar-refractivity contribution in [2.24, 2.45) is 0 Å². The van der Waals surface area contributed by atoms with Crippen LogP contribution in [0.5, 0.6) is 0 Å². The van der Waals surface area contributed by atoms with Crippen LogP contribution in [0.4, 0.5) is 0 Å². The molecule has 0 N–H and O–H groups in total. The number of thioether (sulfide) groups is 1. The molecule has 0 rings (SSSR count). The van der Waals surface area contributed by atoms with Gasteiger partial charge in [-0.1, -0.05) is 25.2 Å². The second-order valence-electron chi connectivity index (χ2n) is 2.25. The van der Waals surface area contributed by atoms with Gasteiger partial charge in [-0.3, -0.25) is 0 Å². The largest absolute Gasteiger partial charge is 0.462 e. The summed E-state index contributed by atoms with van der Waals surface area (Å²) >= 11 is 1.76. The Morgan fingerprint density at radius 2 is 2.23 bits per heavy atom. The molecule has 0 spiro atoms. The predicted octanol–water partition coefficient (Wildman–Crippen LogP) is 2.42. The van der Waals surface area contributed by atoms with Crippen molar-refractivity contribution in [2.75, 3.05) is 18.1 Å². The first-order valence-electron chi connectivity index (χ1n) is 4.35. The summed E-state index contributed by atoms with van der Waals surface area (Å²) in [7, 11) is 0. The van der Waals surface area contributed by atoms with Crippen LogP contribution in [0.25, 0.3) is 0 Å². The zero-order valence-electron chi connectivity index (χ0n) is 8.16. The van der Waals surface area contributed by atoms with E-state index >= 15 is 0 Å². The quantitative estimate of drug-likeness (QED) is 0.285. The summed E-state index contributed by atoms with van der Waals surface area (Å²) in [6.45, 7) is 4.48. The summed E-state index contributed by atoms with van der Waals surface area (Å²) in [5.41, 5.74) is 0. The first-order valence-corrected chi connectivity index (χ1v) is 5.50. The van der Waals surface area contributed by atoms with Gasteiger partial charge in [0, 0.05) is 11.8 Å². The van der Waals surface area contributed by atoms with Crippen LogP contribution in [0.15, 0.2) is 24.3 Å². The summed E-state index contributed by atoms with van der Waals surface area (Å²) in [5.74, 6) is 1.67. The first kappa shape index (κ1) is 12.3. The summed E-state index contributed by atoms with van der Waals surface area (Å²) in [4.78, 5) is 10.9. The highest BCUT2D eigenvalue weighted by Crippen LogP contribution is 1.97. The fourth-order valence-corrected chi connectivity index (χ4v) is 1.13. The van der Waals surface area contributed by atoms with Crippen molar-refractivity contribution in [2.45, 2.75) is 13.8 Å². The minimum atomic E-state index is -0.269. The molecular weight excluding hydrogens is 184 g/mol. The molecule has 13 heavy (non-hydrogen) atoms. The topological polar surface area (TPSA) is 26.3 Å². The maximum absolute atomic E-state index is 10.9. The molecule has 0 fully saturated rings. The summed E-state index contributed by atoms with van der Waals surface area (Å²) in [6, 6.07) is 0. The van der Waals surface area contributed by atoms with E-state index in [1.54, 1.807) is 23.9 Å². The maximum atomic E-state index is 10.9. The number of carbonyl (C=O) groups is 1. The summed E-state index contributed by atoms with van der Waals surface area (Å²) in [6.07, 6.45) is 6.75. The molecule has 0 aliphatic rings. The Balaban J connectivity index is 3.40. The molecule has 0 unspecified atom stereocenters. The highest BCUT2D eigenvalue weighted by atomic mass is 32.2. The fraction of sp³-hybridized carbons (Fsp3) is 0.500. The first-order chi connectivity index (χ1) is 6.31. The van der Waals surface area contributed by atoms with E-state index < -0.39 is 0 Å². The van der Waals surface area contributed by atoms with E-state index in [2.05, 4.69) is 6.92 Å². The van der Waals surface area contributed by atoms with Crippen LogP contribution >= 0.6 is 11.8 Å². The Kier molecular flexibility index (Phi) is 8.88. The monoisotopic (exact) mass is 200 g/mol. The van der Waals surface area contributed by atoms with Gasteiger partial charge in [-0.05, 0) is 12.7 Å². The number of hydrogen-bond donors (Lipinski definition) is 0. The third kappa shape index (κ3) is 9.21. The third-order valence-electron chi connectivity index (χ3n) is 1.21. The van der Waals surface area contributed by atoms with E-state index in [-0.39, 0.29) is 5.97 Å². The number of esters is 1. The van der Waals surface area contributed by atoms with Gasteiger partial charge in [-0.25, -0.2) is 4.79 Å². The number of allylic oxidation sites excluding steroid dienone is 3. The van der Waals surface area contributed by atoms with Gasteiger partial charge < -0.3 is 4.74 Å². The Hall–Kier alpha value is -0.700. The van der Waals surface area contributed by atoms with E-state index in [4.69, 9.17) is 4.74 Å². The lowest BCUT2D eigenvalue weighted by Gasteiger charge is -1.99. The van der Waals surface area contributed by atoms with Gasteiger partial charge >= 0.3 is 5.97 Å². The van der Waals surface area contributed by atoms with Gasteiger partial charge in [-0.15, -0.1) is 0 Å². The van der Waals surface area contributed by atoms with Crippen LogP contribution < -0.4 is 0 Å². The van der Waals surface area contributed by atoms with Crippen molar-refractivity contribution >= 4 is 17.7 Å². The van der Waals surface area contributed by atoms with Crippen molar-refractivity contribution in [3.63, 3.8) is 0 Å². The Morgan fingerprint density at radius 1 is 1.46 bits per heavy atom. The van der Waals surface area contributed by atoms with E-state index in [1.807, 2.05) is 13.0 Å². The molecule has 0 radical (unpaired) electrons. The van der Waals surface area contributed by atoms with Gasteiger partial charge in [0.05, 0.1) is 0 Å². The molecule has 0 aliphatic heterocycles. The normalized spacial score (nSPS) is 11.2. The molecule has 0 aromatic rings. The van der Waals surface area contributed by atoms with Gasteiger partial charge in [0.2, 0.25) is 0 Å². The minimum absolute atomic E-state index is 0.269. The van der Waals surface area contributed by atoms with E-state index in [1.165, 1.54) is 6.08 Å². The highest BCUT2D eigenvalue weighted by Gasteiger charge is 1.94. The molecule has 0 bridgehead atoms. The zero-order chi connectivity index (χ0) is 9.94. The van der Waals surface area contributed by atoms with Crippen LogP contribution in [-0.4, -0.2) is 24.1 Å². The lowest BCUT2D eigenvalue weighted by molar-refractivity contribution is -0.137. The van der Waals surface area contributed by atoms with E-state index in [9.17, 15) is 4.79 Å². The Bertz CT molecular complexity index is 185. The fourth-order valence-electron chi connectivity index (χ4n) is 0.639. The lowest BCUT2D eigenvalue weighted by Crippen LogP contribution is -2.04. The van der Waals surface area contributed by atoms with Crippen LogP contribution in [0.2, 0.25) is 0 Å².